The van der Waals surface area contributed by atoms with Crippen molar-refractivity contribution in [3.8, 4) is 22.4 Å². The van der Waals surface area contributed by atoms with E-state index in [1.54, 1.807) is 11.3 Å². The van der Waals surface area contributed by atoms with E-state index < -0.39 is 11.7 Å². The lowest BCUT2D eigenvalue weighted by Crippen LogP contribution is -2.27. The molecule has 0 aliphatic carbocycles. The standard InChI is InChI=1S/C26H25N3O2S/c1-26(2,3)31-25(30)29-21(14-10-18-8-12-20(13-9-18)28(4)5)17-19-11-15-22(27-24(19)29)23-7-6-16-32-23/h6-9,11-13,15-17H,1-5H3. The lowest BCUT2D eigenvalue weighted by atomic mass is 10.2. The number of carbonyl (C=O) groups excluding carboxylic acids is 1. The zero-order chi connectivity index (χ0) is 22.9. The molecule has 32 heavy (non-hydrogen) atoms. The van der Waals surface area contributed by atoms with Gasteiger partial charge < -0.3 is 9.64 Å². The minimum absolute atomic E-state index is 0.490. The predicted molar refractivity (Wildman–Crippen MR) is 131 cm³/mol. The molecule has 0 atom stereocenters. The van der Waals surface area contributed by atoms with Gasteiger partial charge in [0.1, 0.15) is 11.3 Å². The van der Waals surface area contributed by atoms with E-state index in [4.69, 9.17) is 9.72 Å². The highest BCUT2D eigenvalue weighted by Gasteiger charge is 2.23. The van der Waals surface area contributed by atoms with Crippen molar-refractivity contribution < 1.29 is 9.53 Å². The van der Waals surface area contributed by atoms with Crippen molar-refractivity contribution in [1.29, 1.82) is 0 Å². The number of benzene rings is 1. The van der Waals surface area contributed by atoms with Crippen molar-refractivity contribution >= 4 is 34.2 Å². The van der Waals surface area contributed by atoms with E-state index in [9.17, 15) is 4.79 Å². The first-order valence-corrected chi connectivity index (χ1v) is 11.2. The molecule has 0 bridgehead atoms. The zero-order valence-electron chi connectivity index (χ0n) is 18.8. The van der Waals surface area contributed by atoms with Crippen molar-refractivity contribution in [3.63, 3.8) is 0 Å². The molecule has 6 heteroatoms. The van der Waals surface area contributed by atoms with E-state index >= 15 is 0 Å². The van der Waals surface area contributed by atoms with Crippen molar-refractivity contribution in [2.45, 2.75) is 26.4 Å². The summed E-state index contributed by atoms with van der Waals surface area (Å²) in [4.78, 5) is 21.0. The summed E-state index contributed by atoms with van der Waals surface area (Å²) in [6, 6.07) is 17.8. The van der Waals surface area contributed by atoms with Gasteiger partial charge in [-0.3, -0.25) is 0 Å². The van der Waals surface area contributed by atoms with Gasteiger partial charge in [0.2, 0.25) is 0 Å². The molecule has 5 nitrogen and oxygen atoms in total. The van der Waals surface area contributed by atoms with Crippen LogP contribution in [-0.4, -0.2) is 35.3 Å². The summed E-state index contributed by atoms with van der Waals surface area (Å²) in [7, 11) is 3.99. The fraction of sp³-hybridized carbons (Fsp3) is 0.231. The first-order chi connectivity index (χ1) is 15.2. The van der Waals surface area contributed by atoms with Crippen LogP contribution in [0.25, 0.3) is 21.6 Å². The van der Waals surface area contributed by atoms with Crippen LogP contribution < -0.4 is 4.90 Å². The third-order valence-corrected chi connectivity index (χ3v) is 5.61. The van der Waals surface area contributed by atoms with Crippen LogP contribution >= 0.6 is 11.3 Å². The molecule has 0 amide bonds. The number of fused-ring (bicyclic) bond motifs is 1. The summed E-state index contributed by atoms with van der Waals surface area (Å²) in [6.45, 7) is 5.54. The van der Waals surface area contributed by atoms with Crippen LogP contribution in [-0.2, 0) is 4.74 Å². The average Bonchev–Trinajstić information content (AvgIpc) is 3.38. The first kappa shape index (κ1) is 21.7. The van der Waals surface area contributed by atoms with E-state index in [1.165, 1.54) is 4.57 Å². The van der Waals surface area contributed by atoms with E-state index in [2.05, 4.69) is 11.8 Å². The van der Waals surface area contributed by atoms with Crippen LogP contribution in [0.5, 0.6) is 0 Å². The molecule has 4 rings (SSSR count). The number of carbonyl (C=O) groups is 1. The highest BCUT2D eigenvalue weighted by Crippen LogP contribution is 2.27. The monoisotopic (exact) mass is 443 g/mol. The van der Waals surface area contributed by atoms with Gasteiger partial charge in [-0.05, 0) is 80.6 Å². The minimum atomic E-state index is -0.633. The summed E-state index contributed by atoms with van der Waals surface area (Å²) in [5.41, 5.74) is 3.23. The maximum absolute atomic E-state index is 13.1. The molecule has 0 saturated carbocycles. The lowest BCUT2D eigenvalue weighted by Gasteiger charge is -2.20. The first-order valence-electron chi connectivity index (χ1n) is 10.3. The van der Waals surface area contributed by atoms with Gasteiger partial charge in [0.25, 0.3) is 0 Å². The summed E-state index contributed by atoms with van der Waals surface area (Å²) in [6.07, 6.45) is -0.490. The Morgan fingerprint density at radius 2 is 1.81 bits per heavy atom. The Kier molecular flexibility index (Phi) is 5.77. The van der Waals surface area contributed by atoms with Gasteiger partial charge in [-0.25, -0.2) is 14.3 Å². The Bertz CT molecular complexity index is 1320. The van der Waals surface area contributed by atoms with Gasteiger partial charge in [0.15, 0.2) is 5.65 Å². The third-order valence-electron chi connectivity index (χ3n) is 4.72. The van der Waals surface area contributed by atoms with E-state index in [0.29, 0.717) is 11.3 Å². The van der Waals surface area contributed by atoms with Crippen LogP contribution in [0.1, 0.15) is 32.0 Å². The molecule has 0 spiro atoms. The predicted octanol–water partition coefficient (Wildman–Crippen LogP) is 6.01. The quantitative estimate of drug-likeness (QED) is 0.356. The Hall–Kier alpha value is -3.56. The molecule has 162 valence electrons. The zero-order valence-corrected chi connectivity index (χ0v) is 19.7. The Labute approximate surface area is 192 Å². The molecule has 3 heterocycles. The van der Waals surface area contributed by atoms with Gasteiger partial charge in [-0.1, -0.05) is 12.0 Å². The van der Waals surface area contributed by atoms with Crippen molar-refractivity contribution in [1.82, 2.24) is 9.55 Å². The summed E-state index contributed by atoms with van der Waals surface area (Å²) in [5, 5.41) is 2.84. The number of hydrogen-bond donors (Lipinski definition) is 0. The van der Waals surface area contributed by atoms with Gasteiger partial charge >= 0.3 is 6.09 Å². The number of ether oxygens (including phenoxy) is 1. The molecule has 0 aliphatic rings. The van der Waals surface area contributed by atoms with Crippen LogP contribution in [0.15, 0.2) is 60.0 Å². The maximum Gasteiger partial charge on any atom is 0.421 e. The molecule has 3 aromatic heterocycles. The third kappa shape index (κ3) is 4.68. The normalized spacial score (nSPS) is 11.2. The van der Waals surface area contributed by atoms with Gasteiger partial charge in [-0.15, -0.1) is 11.3 Å². The van der Waals surface area contributed by atoms with E-state index in [-0.39, 0.29) is 0 Å². The number of thiophene rings is 1. The van der Waals surface area contributed by atoms with Gasteiger partial charge in [0, 0.05) is 30.7 Å². The molecular weight excluding hydrogens is 418 g/mol. The number of aromatic nitrogens is 2. The number of anilines is 1. The summed E-state index contributed by atoms with van der Waals surface area (Å²) >= 11 is 1.61. The average molecular weight is 444 g/mol. The minimum Gasteiger partial charge on any atom is -0.443 e. The molecule has 0 fully saturated rings. The highest BCUT2D eigenvalue weighted by molar-refractivity contribution is 7.13. The second-order valence-electron chi connectivity index (χ2n) is 8.62. The maximum atomic E-state index is 13.1. The molecule has 0 N–H and O–H groups in total. The topological polar surface area (TPSA) is 47.4 Å². The SMILES string of the molecule is CN(C)c1ccc(C#Cc2cc3ccc(-c4cccs4)nc3n2C(=O)OC(C)(C)C)cc1. The second kappa shape index (κ2) is 8.52. The van der Waals surface area contributed by atoms with E-state index in [0.717, 1.165) is 27.2 Å². The number of hydrogen-bond acceptors (Lipinski definition) is 5. The Morgan fingerprint density at radius 1 is 1.06 bits per heavy atom. The Balaban J connectivity index is 1.81. The number of rotatable bonds is 2. The molecule has 0 aliphatic heterocycles. The fourth-order valence-corrected chi connectivity index (χ4v) is 3.90. The van der Waals surface area contributed by atoms with Crippen molar-refractivity contribution in [2.75, 3.05) is 19.0 Å². The van der Waals surface area contributed by atoms with Crippen LogP contribution in [0.4, 0.5) is 10.5 Å². The Morgan fingerprint density at radius 3 is 2.44 bits per heavy atom. The largest absolute Gasteiger partial charge is 0.443 e. The van der Waals surface area contributed by atoms with Crippen molar-refractivity contribution in [3.05, 3.63) is 71.2 Å². The second-order valence-corrected chi connectivity index (χ2v) is 9.57. The molecule has 1 aromatic carbocycles. The van der Waals surface area contributed by atoms with Gasteiger partial charge in [0.05, 0.1) is 10.6 Å². The molecule has 0 unspecified atom stereocenters. The van der Waals surface area contributed by atoms with E-state index in [1.807, 2.05) is 99.7 Å². The van der Waals surface area contributed by atoms with Crippen LogP contribution in [0.2, 0.25) is 0 Å². The molecule has 0 saturated heterocycles. The fourth-order valence-electron chi connectivity index (χ4n) is 3.20. The lowest BCUT2D eigenvalue weighted by molar-refractivity contribution is 0.0542. The van der Waals surface area contributed by atoms with Crippen LogP contribution in [0.3, 0.4) is 0 Å². The van der Waals surface area contributed by atoms with Crippen LogP contribution in [0, 0.1) is 11.8 Å². The number of nitrogens with zero attached hydrogens (tertiary/aromatic N) is 3. The number of pyridine rings is 1. The molecule has 4 aromatic rings. The molecule has 0 radical (unpaired) electrons. The highest BCUT2D eigenvalue weighted by atomic mass is 32.1. The summed E-state index contributed by atoms with van der Waals surface area (Å²) in [5.74, 6) is 6.32. The van der Waals surface area contributed by atoms with Gasteiger partial charge in [-0.2, -0.15) is 0 Å². The summed E-state index contributed by atoms with van der Waals surface area (Å²) < 4.78 is 7.14. The molecular formula is C26H25N3O2S. The van der Waals surface area contributed by atoms with Crippen molar-refractivity contribution in [2.24, 2.45) is 0 Å². The smallest absolute Gasteiger partial charge is 0.421 e.